The monoisotopic (exact) mass is 384 g/mol. The smallest absolute Gasteiger partial charge is 0.416 e. The number of carbonyl (C=O) groups is 2. The normalized spacial score (nSPS) is 28.4. The molecule has 0 radical (unpaired) electrons. The highest BCUT2D eigenvalue weighted by molar-refractivity contribution is 5.77. The molecule has 148 valence electrons. The Morgan fingerprint density at radius 2 is 1.89 bits per heavy atom. The van der Waals surface area contributed by atoms with E-state index in [0.717, 1.165) is 6.07 Å². The van der Waals surface area contributed by atoms with Crippen LogP contribution in [0.4, 0.5) is 18.0 Å². The summed E-state index contributed by atoms with van der Waals surface area (Å²) in [6, 6.07) is 4.93. The van der Waals surface area contributed by atoms with E-state index in [1.807, 2.05) is 6.92 Å². The van der Waals surface area contributed by atoms with Crippen LogP contribution in [0.5, 0.6) is 0 Å². The quantitative estimate of drug-likeness (QED) is 0.835. The van der Waals surface area contributed by atoms with Crippen LogP contribution in [0.1, 0.15) is 43.2 Å². The zero-order valence-electron chi connectivity index (χ0n) is 15.0. The number of halogens is 3. The first kappa shape index (κ1) is 19.5. The van der Waals surface area contributed by atoms with Crippen LogP contribution >= 0.6 is 0 Å². The van der Waals surface area contributed by atoms with Crippen molar-refractivity contribution in [3.8, 4) is 0 Å². The summed E-state index contributed by atoms with van der Waals surface area (Å²) in [6.07, 6.45) is -2.64. The van der Waals surface area contributed by atoms with Gasteiger partial charge in [-0.05, 0) is 42.7 Å². The molecule has 1 aromatic carbocycles. The van der Waals surface area contributed by atoms with Crippen molar-refractivity contribution in [2.45, 2.75) is 44.3 Å². The second kappa shape index (κ2) is 7.40. The minimum atomic E-state index is -4.36. The summed E-state index contributed by atoms with van der Waals surface area (Å²) in [7, 11) is 0. The number of amides is 2. The highest BCUT2D eigenvalue weighted by atomic mass is 19.4. The summed E-state index contributed by atoms with van der Waals surface area (Å²) in [6.45, 7) is 2.62. The summed E-state index contributed by atoms with van der Waals surface area (Å²) in [5.74, 6) is -1.35. The molecule has 0 aromatic heterocycles. The molecular formula is C19H23F3N2O3. The lowest BCUT2D eigenvalue weighted by molar-refractivity contribution is -0.143. The molecule has 2 amide bonds. The van der Waals surface area contributed by atoms with E-state index in [2.05, 4.69) is 5.32 Å². The van der Waals surface area contributed by atoms with Crippen LogP contribution in [0.2, 0.25) is 0 Å². The molecule has 2 N–H and O–H groups in total. The highest BCUT2D eigenvalue weighted by Gasteiger charge is 2.37. The molecule has 1 saturated carbocycles. The van der Waals surface area contributed by atoms with Gasteiger partial charge in [0.15, 0.2) is 0 Å². The molecule has 1 aliphatic carbocycles. The van der Waals surface area contributed by atoms with Gasteiger partial charge in [-0.15, -0.1) is 0 Å². The van der Waals surface area contributed by atoms with Gasteiger partial charge < -0.3 is 15.3 Å². The number of rotatable bonds is 3. The summed E-state index contributed by atoms with van der Waals surface area (Å²) in [5, 5.41) is 12.1. The van der Waals surface area contributed by atoms with Crippen LogP contribution < -0.4 is 5.32 Å². The molecule has 0 spiro atoms. The average Bonchev–Trinajstić information content (AvgIpc) is 2.56. The van der Waals surface area contributed by atoms with Crippen LogP contribution in [0.25, 0.3) is 0 Å². The predicted molar refractivity (Wildman–Crippen MR) is 92.2 cm³/mol. The lowest BCUT2D eigenvalue weighted by Crippen LogP contribution is -2.53. The SMILES string of the molecule is CC1CC(C(=O)O)CN(C(=O)NC2CC(c3cccc(C(F)(F)F)c3)C2)C1. The second-order valence-electron chi connectivity index (χ2n) is 7.72. The Kier molecular flexibility index (Phi) is 5.35. The molecule has 2 aliphatic rings. The molecule has 1 aliphatic heterocycles. The van der Waals surface area contributed by atoms with E-state index in [1.54, 1.807) is 6.07 Å². The average molecular weight is 384 g/mol. The Morgan fingerprint density at radius 1 is 1.19 bits per heavy atom. The van der Waals surface area contributed by atoms with E-state index >= 15 is 0 Å². The predicted octanol–water partition coefficient (Wildman–Crippen LogP) is 3.70. The lowest BCUT2D eigenvalue weighted by atomic mass is 9.75. The van der Waals surface area contributed by atoms with Crippen molar-refractivity contribution in [3.63, 3.8) is 0 Å². The van der Waals surface area contributed by atoms with Crippen molar-refractivity contribution in [1.29, 1.82) is 0 Å². The van der Waals surface area contributed by atoms with Gasteiger partial charge in [-0.2, -0.15) is 13.2 Å². The third-order valence-electron chi connectivity index (χ3n) is 5.45. The summed E-state index contributed by atoms with van der Waals surface area (Å²) >= 11 is 0. The second-order valence-corrected chi connectivity index (χ2v) is 7.72. The molecule has 2 unspecified atom stereocenters. The van der Waals surface area contributed by atoms with Crippen LogP contribution in [0, 0.1) is 11.8 Å². The van der Waals surface area contributed by atoms with E-state index in [0.29, 0.717) is 31.4 Å². The van der Waals surface area contributed by atoms with Crippen LogP contribution in [-0.4, -0.2) is 41.1 Å². The fourth-order valence-electron chi connectivity index (χ4n) is 3.94. The number of nitrogens with one attached hydrogen (secondary N) is 1. The standard InChI is InChI=1S/C19H23F3N2O3/c1-11-5-14(17(25)26)10-24(9-11)18(27)23-16-7-13(8-16)12-3-2-4-15(6-12)19(20,21)22/h2-4,6,11,13-14,16H,5,7-10H2,1H3,(H,23,27)(H,25,26). The lowest BCUT2D eigenvalue weighted by Gasteiger charge is -2.40. The number of aliphatic carboxylic acids is 1. The third kappa shape index (κ3) is 4.54. The van der Waals surface area contributed by atoms with Crippen LogP contribution in [-0.2, 0) is 11.0 Å². The number of likely N-dealkylation sites (tertiary alicyclic amines) is 1. The van der Waals surface area contributed by atoms with Crippen molar-refractivity contribution in [2.75, 3.05) is 13.1 Å². The first-order valence-corrected chi connectivity index (χ1v) is 9.09. The summed E-state index contributed by atoms with van der Waals surface area (Å²) < 4.78 is 38.5. The Bertz CT molecular complexity index is 716. The van der Waals surface area contributed by atoms with Gasteiger partial charge in [-0.1, -0.05) is 25.1 Å². The first-order valence-electron chi connectivity index (χ1n) is 9.09. The van der Waals surface area contributed by atoms with E-state index in [9.17, 15) is 27.9 Å². The van der Waals surface area contributed by atoms with E-state index < -0.39 is 23.6 Å². The molecule has 8 heteroatoms. The molecule has 1 saturated heterocycles. The van der Waals surface area contributed by atoms with Gasteiger partial charge in [0.2, 0.25) is 0 Å². The Balaban J connectivity index is 1.53. The topological polar surface area (TPSA) is 69.6 Å². The maximum Gasteiger partial charge on any atom is 0.416 e. The highest BCUT2D eigenvalue weighted by Crippen LogP contribution is 2.39. The molecule has 5 nitrogen and oxygen atoms in total. The number of nitrogens with zero attached hydrogens (tertiary/aromatic N) is 1. The largest absolute Gasteiger partial charge is 0.481 e. The number of benzene rings is 1. The van der Waals surface area contributed by atoms with Gasteiger partial charge in [-0.3, -0.25) is 4.79 Å². The van der Waals surface area contributed by atoms with Crippen molar-refractivity contribution in [2.24, 2.45) is 11.8 Å². The number of urea groups is 1. The Labute approximate surface area is 155 Å². The van der Waals surface area contributed by atoms with Gasteiger partial charge in [0.05, 0.1) is 11.5 Å². The zero-order chi connectivity index (χ0) is 19.8. The van der Waals surface area contributed by atoms with Gasteiger partial charge in [0.25, 0.3) is 0 Å². The molecule has 1 heterocycles. The van der Waals surface area contributed by atoms with Crippen molar-refractivity contribution in [3.05, 3.63) is 35.4 Å². The van der Waals surface area contributed by atoms with Gasteiger partial charge in [-0.25, -0.2) is 4.79 Å². The maximum absolute atomic E-state index is 12.8. The molecule has 0 bridgehead atoms. The van der Waals surface area contributed by atoms with Crippen LogP contribution in [0.3, 0.4) is 0 Å². The van der Waals surface area contributed by atoms with E-state index in [-0.39, 0.29) is 30.5 Å². The number of carbonyl (C=O) groups excluding carboxylic acids is 1. The Hall–Kier alpha value is -2.25. The minimum Gasteiger partial charge on any atom is -0.481 e. The van der Waals surface area contributed by atoms with Crippen molar-refractivity contribution in [1.82, 2.24) is 10.2 Å². The molecule has 2 atom stereocenters. The molecule has 2 fully saturated rings. The molecule has 1 aromatic rings. The van der Waals surface area contributed by atoms with Crippen molar-refractivity contribution < 1.29 is 27.9 Å². The van der Waals surface area contributed by atoms with E-state index in [1.165, 1.54) is 17.0 Å². The molecule has 3 rings (SSSR count). The third-order valence-corrected chi connectivity index (χ3v) is 5.45. The van der Waals surface area contributed by atoms with Gasteiger partial charge in [0.1, 0.15) is 0 Å². The summed E-state index contributed by atoms with van der Waals surface area (Å²) in [4.78, 5) is 25.2. The van der Waals surface area contributed by atoms with Gasteiger partial charge in [0, 0.05) is 19.1 Å². The number of carboxylic acids is 1. The zero-order valence-corrected chi connectivity index (χ0v) is 15.0. The Morgan fingerprint density at radius 3 is 2.52 bits per heavy atom. The number of alkyl halides is 3. The molecule has 27 heavy (non-hydrogen) atoms. The molecular weight excluding hydrogens is 361 g/mol. The van der Waals surface area contributed by atoms with Gasteiger partial charge >= 0.3 is 18.2 Å². The fourth-order valence-corrected chi connectivity index (χ4v) is 3.94. The number of hydrogen-bond donors (Lipinski definition) is 2. The maximum atomic E-state index is 12.8. The van der Waals surface area contributed by atoms with E-state index in [4.69, 9.17) is 0 Å². The minimum absolute atomic E-state index is 0.00959. The summed E-state index contributed by atoms with van der Waals surface area (Å²) in [5.41, 5.74) is -0.0256. The fraction of sp³-hybridized carbons (Fsp3) is 0.579. The van der Waals surface area contributed by atoms with Crippen LogP contribution in [0.15, 0.2) is 24.3 Å². The number of carboxylic acid groups (broad SMARTS) is 1. The number of piperidine rings is 1. The van der Waals surface area contributed by atoms with Crippen molar-refractivity contribution >= 4 is 12.0 Å². The first-order chi connectivity index (χ1) is 12.6. The number of hydrogen-bond acceptors (Lipinski definition) is 2.